The summed E-state index contributed by atoms with van der Waals surface area (Å²) in [6, 6.07) is 15.2. The van der Waals surface area contributed by atoms with Gasteiger partial charge in [-0.15, -0.1) is 0 Å². The Bertz CT molecular complexity index is 1090. The number of benzene rings is 2. The number of rotatable bonds is 6. The van der Waals surface area contributed by atoms with Crippen LogP contribution in [0, 0.1) is 12.7 Å². The van der Waals surface area contributed by atoms with Gasteiger partial charge in [-0.1, -0.05) is 23.8 Å². The fraction of sp³-hybridized carbons (Fsp3) is 0.125. The topological polar surface area (TPSA) is 71.8 Å². The number of halogens is 1. The second-order valence-corrected chi connectivity index (χ2v) is 6.51. The molecule has 0 atom stereocenters. The summed E-state index contributed by atoms with van der Waals surface area (Å²) in [5, 5.41) is 10.7. The number of carbonyl (C=O) groups is 1. The Morgan fingerprint density at radius 1 is 1.10 bits per heavy atom. The molecule has 0 aliphatic carbocycles. The highest BCUT2D eigenvalue weighted by molar-refractivity contribution is 6.15. The minimum atomic E-state index is -0.788. The van der Waals surface area contributed by atoms with Crippen LogP contribution in [0.15, 0.2) is 77.6 Å². The average Bonchev–Trinajstić information content (AvgIpc) is 2.76. The first-order chi connectivity index (χ1) is 14.5. The lowest BCUT2D eigenvalue weighted by Gasteiger charge is -2.09. The molecule has 0 radical (unpaired) electrons. The zero-order valence-electron chi connectivity index (χ0n) is 16.7. The summed E-state index contributed by atoms with van der Waals surface area (Å²) < 4.78 is 19.8. The summed E-state index contributed by atoms with van der Waals surface area (Å²) in [7, 11) is 0. The highest BCUT2D eigenvalue weighted by Gasteiger charge is 2.19. The number of hydrogen-bond donors (Lipinski definition) is 1. The molecule has 1 aromatic heterocycles. The van der Waals surface area contributed by atoms with Gasteiger partial charge < -0.3 is 9.84 Å². The molecule has 0 spiro atoms. The number of ether oxygens (including phenoxy) is 1. The standard InChI is InChI=1S/C24H21FN2O3/c1-3-30-24(29)21(15-27-19-7-4-16(2)5-8-19)23(28)20-9-6-18(14-22(20)25)17-10-12-26-13-11-17/h4-15,28H,3H2,1-2H3/b23-21+,27-15?. The highest BCUT2D eigenvalue weighted by Crippen LogP contribution is 2.26. The Hall–Kier alpha value is -3.80. The van der Waals surface area contributed by atoms with E-state index in [4.69, 9.17) is 4.74 Å². The molecule has 0 aliphatic heterocycles. The lowest BCUT2D eigenvalue weighted by Crippen LogP contribution is -2.11. The third-order valence-corrected chi connectivity index (χ3v) is 4.37. The molecule has 3 rings (SSSR count). The molecule has 3 aromatic rings. The number of aromatic nitrogens is 1. The smallest absolute Gasteiger partial charge is 0.343 e. The van der Waals surface area contributed by atoms with Crippen molar-refractivity contribution in [1.29, 1.82) is 0 Å². The first kappa shape index (κ1) is 20.9. The van der Waals surface area contributed by atoms with Gasteiger partial charge in [-0.25, -0.2) is 9.18 Å². The van der Waals surface area contributed by atoms with Crippen LogP contribution in [-0.2, 0) is 9.53 Å². The van der Waals surface area contributed by atoms with E-state index in [0.29, 0.717) is 11.3 Å². The SMILES string of the molecule is CCOC(=O)/C(C=Nc1ccc(C)cc1)=C(/O)c1ccc(-c2ccncc2)cc1F. The van der Waals surface area contributed by atoms with Crippen LogP contribution >= 0.6 is 0 Å². The van der Waals surface area contributed by atoms with E-state index in [1.54, 1.807) is 49.6 Å². The normalized spacial score (nSPS) is 12.0. The minimum Gasteiger partial charge on any atom is -0.506 e. The van der Waals surface area contributed by atoms with Gasteiger partial charge in [-0.05, 0) is 61.4 Å². The third-order valence-electron chi connectivity index (χ3n) is 4.37. The Kier molecular flexibility index (Phi) is 6.70. The molecule has 5 nitrogen and oxygen atoms in total. The maximum absolute atomic E-state index is 14.8. The van der Waals surface area contributed by atoms with Gasteiger partial charge in [-0.2, -0.15) is 0 Å². The third kappa shape index (κ3) is 4.97. The number of pyridine rings is 1. The summed E-state index contributed by atoms with van der Waals surface area (Å²) in [6.07, 6.45) is 4.41. The van der Waals surface area contributed by atoms with Gasteiger partial charge in [0.15, 0.2) is 0 Å². The molecular formula is C24H21FN2O3. The molecule has 0 fully saturated rings. The van der Waals surface area contributed by atoms with Crippen LogP contribution in [0.1, 0.15) is 18.1 Å². The average molecular weight is 404 g/mol. The molecule has 30 heavy (non-hydrogen) atoms. The van der Waals surface area contributed by atoms with Crippen molar-refractivity contribution in [3.63, 3.8) is 0 Å². The van der Waals surface area contributed by atoms with Crippen LogP contribution in [-0.4, -0.2) is 28.9 Å². The Labute approximate surface area is 174 Å². The molecule has 0 saturated heterocycles. The van der Waals surface area contributed by atoms with Crippen molar-refractivity contribution in [2.75, 3.05) is 6.61 Å². The van der Waals surface area contributed by atoms with Crippen molar-refractivity contribution in [2.24, 2.45) is 4.99 Å². The summed E-state index contributed by atoms with van der Waals surface area (Å²) in [6.45, 7) is 3.70. The first-order valence-electron chi connectivity index (χ1n) is 9.41. The molecule has 0 saturated carbocycles. The lowest BCUT2D eigenvalue weighted by molar-refractivity contribution is -0.137. The largest absolute Gasteiger partial charge is 0.506 e. The molecule has 152 valence electrons. The fourth-order valence-corrected chi connectivity index (χ4v) is 2.77. The van der Waals surface area contributed by atoms with Gasteiger partial charge in [0.05, 0.1) is 17.9 Å². The van der Waals surface area contributed by atoms with E-state index in [1.165, 1.54) is 18.3 Å². The van der Waals surface area contributed by atoms with Crippen molar-refractivity contribution in [2.45, 2.75) is 13.8 Å². The number of aryl methyl sites for hydroxylation is 1. The Morgan fingerprint density at radius 2 is 1.80 bits per heavy atom. The second kappa shape index (κ2) is 9.60. The number of nitrogens with zero attached hydrogens (tertiary/aromatic N) is 2. The van der Waals surface area contributed by atoms with Gasteiger partial charge in [0.2, 0.25) is 0 Å². The number of esters is 1. The molecule has 0 bridgehead atoms. The predicted molar refractivity (Wildman–Crippen MR) is 115 cm³/mol. The van der Waals surface area contributed by atoms with Gasteiger partial charge in [0, 0.05) is 18.6 Å². The van der Waals surface area contributed by atoms with Crippen LogP contribution in [0.25, 0.3) is 16.9 Å². The van der Waals surface area contributed by atoms with Crippen LogP contribution in [0.5, 0.6) is 0 Å². The molecule has 2 aromatic carbocycles. The highest BCUT2D eigenvalue weighted by atomic mass is 19.1. The Balaban J connectivity index is 2.00. The summed E-state index contributed by atoms with van der Waals surface area (Å²) >= 11 is 0. The van der Waals surface area contributed by atoms with E-state index < -0.39 is 17.5 Å². The molecule has 0 unspecified atom stereocenters. The molecule has 0 aliphatic rings. The number of aliphatic hydroxyl groups excluding tert-OH is 1. The van der Waals surface area contributed by atoms with E-state index in [2.05, 4.69) is 9.98 Å². The van der Waals surface area contributed by atoms with E-state index in [0.717, 1.165) is 11.1 Å². The lowest BCUT2D eigenvalue weighted by atomic mass is 10.0. The number of carbonyl (C=O) groups excluding carboxylic acids is 1. The molecule has 0 amide bonds. The van der Waals surface area contributed by atoms with Crippen LogP contribution in [0.2, 0.25) is 0 Å². The van der Waals surface area contributed by atoms with Gasteiger partial charge in [-0.3, -0.25) is 9.98 Å². The fourth-order valence-electron chi connectivity index (χ4n) is 2.77. The predicted octanol–water partition coefficient (Wildman–Crippen LogP) is 5.43. The van der Waals surface area contributed by atoms with Crippen LogP contribution in [0.4, 0.5) is 10.1 Å². The summed E-state index contributed by atoms with van der Waals surface area (Å²) in [5.74, 6) is -2.00. The van der Waals surface area contributed by atoms with Crippen molar-refractivity contribution < 1.29 is 19.0 Å². The number of aliphatic imine (C=N–C) groups is 1. The van der Waals surface area contributed by atoms with E-state index in [-0.39, 0.29) is 17.7 Å². The number of hydrogen-bond acceptors (Lipinski definition) is 5. The van der Waals surface area contributed by atoms with Gasteiger partial charge in [0.25, 0.3) is 0 Å². The zero-order chi connectivity index (χ0) is 21.5. The van der Waals surface area contributed by atoms with Crippen molar-refractivity contribution in [3.8, 4) is 11.1 Å². The quantitative estimate of drug-likeness (QED) is 0.257. The van der Waals surface area contributed by atoms with E-state index in [1.807, 2.05) is 19.1 Å². The van der Waals surface area contributed by atoms with Crippen LogP contribution in [0.3, 0.4) is 0 Å². The van der Waals surface area contributed by atoms with Crippen molar-refractivity contribution in [1.82, 2.24) is 4.98 Å². The summed E-state index contributed by atoms with van der Waals surface area (Å²) in [4.78, 5) is 20.5. The monoisotopic (exact) mass is 404 g/mol. The molecule has 1 N–H and O–H groups in total. The van der Waals surface area contributed by atoms with Gasteiger partial charge >= 0.3 is 5.97 Å². The van der Waals surface area contributed by atoms with Crippen molar-refractivity contribution in [3.05, 3.63) is 89.5 Å². The number of aliphatic hydroxyl groups is 1. The van der Waals surface area contributed by atoms with E-state index >= 15 is 0 Å². The molecular weight excluding hydrogens is 383 g/mol. The van der Waals surface area contributed by atoms with Gasteiger partial charge in [0.1, 0.15) is 17.1 Å². The van der Waals surface area contributed by atoms with Crippen LogP contribution < -0.4 is 0 Å². The Morgan fingerprint density at radius 3 is 2.43 bits per heavy atom. The van der Waals surface area contributed by atoms with E-state index in [9.17, 15) is 14.3 Å². The first-order valence-corrected chi connectivity index (χ1v) is 9.41. The van der Waals surface area contributed by atoms with Crippen molar-refractivity contribution >= 4 is 23.6 Å². The molecule has 1 heterocycles. The summed E-state index contributed by atoms with van der Waals surface area (Å²) in [5.41, 5.74) is 2.71. The second-order valence-electron chi connectivity index (χ2n) is 6.51. The minimum absolute atomic E-state index is 0.109. The maximum Gasteiger partial charge on any atom is 0.343 e. The zero-order valence-corrected chi connectivity index (χ0v) is 16.7. The molecule has 6 heteroatoms. The maximum atomic E-state index is 14.8.